The van der Waals surface area contributed by atoms with Gasteiger partial charge in [0.2, 0.25) is 0 Å². The minimum atomic E-state index is -0.320. The Hall–Kier alpha value is -1.89. The number of urea groups is 1. The topological polar surface area (TPSA) is 57.7 Å². The number of nitrogens with one attached hydrogen (secondary N) is 1. The van der Waals surface area contributed by atoms with E-state index < -0.39 is 0 Å². The summed E-state index contributed by atoms with van der Waals surface area (Å²) in [6.07, 6.45) is 2.56. The van der Waals surface area contributed by atoms with Gasteiger partial charge in [0.15, 0.2) is 11.6 Å². The molecule has 0 spiro atoms. The van der Waals surface area contributed by atoms with Gasteiger partial charge in [-0.2, -0.15) is 0 Å². The molecule has 23 heavy (non-hydrogen) atoms. The third-order valence-corrected chi connectivity index (χ3v) is 4.57. The van der Waals surface area contributed by atoms with E-state index in [1.54, 1.807) is 17.2 Å². The summed E-state index contributed by atoms with van der Waals surface area (Å²) in [6.45, 7) is 6.51. The van der Waals surface area contributed by atoms with Gasteiger partial charge in [0.25, 0.3) is 0 Å². The summed E-state index contributed by atoms with van der Waals surface area (Å²) in [6, 6.07) is 2.93. The van der Waals surface area contributed by atoms with Gasteiger partial charge in [0, 0.05) is 50.9 Å². The van der Waals surface area contributed by atoms with Gasteiger partial charge in [-0.15, -0.1) is 0 Å². The number of piperazine rings is 1. The lowest BCUT2D eigenvalue weighted by Gasteiger charge is -2.36. The molecule has 2 saturated heterocycles. The number of carbonyl (C=O) groups is 1. The van der Waals surface area contributed by atoms with E-state index in [0.29, 0.717) is 45.1 Å². The van der Waals surface area contributed by atoms with E-state index in [1.807, 2.05) is 4.90 Å². The van der Waals surface area contributed by atoms with Crippen LogP contribution in [0.5, 0.6) is 0 Å². The molecule has 2 fully saturated rings. The van der Waals surface area contributed by atoms with Crippen LogP contribution in [0.1, 0.15) is 13.3 Å². The SMILES string of the molecule is CC1(CNC(=O)N2CCN(c3ncccc3F)CC2)CCOC1. The predicted octanol–water partition coefficient (Wildman–Crippen LogP) is 1.48. The molecule has 6 nitrogen and oxygen atoms in total. The van der Waals surface area contributed by atoms with Gasteiger partial charge in [-0.05, 0) is 18.6 Å². The summed E-state index contributed by atoms with van der Waals surface area (Å²) in [5.41, 5.74) is 0.0363. The van der Waals surface area contributed by atoms with Crippen LogP contribution in [0, 0.1) is 11.2 Å². The minimum absolute atomic E-state index is 0.0363. The van der Waals surface area contributed by atoms with Crippen LogP contribution >= 0.6 is 0 Å². The zero-order valence-corrected chi connectivity index (χ0v) is 13.4. The number of anilines is 1. The van der Waals surface area contributed by atoms with E-state index in [0.717, 1.165) is 13.0 Å². The third kappa shape index (κ3) is 3.72. The summed E-state index contributed by atoms with van der Waals surface area (Å²) in [5.74, 6) is 0.0442. The van der Waals surface area contributed by atoms with Gasteiger partial charge in [0.1, 0.15) is 0 Å². The van der Waals surface area contributed by atoms with Crippen molar-refractivity contribution in [2.45, 2.75) is 13.3 Å². The average molecular weight is 322 g/mol. The third-order valence-electron chi connectivity index (χ3n) is 4.57. The van der Waals surface area contributed by atoms with Gasteiger partial charge in [-0.1, -0.05) is 6.92 Å². The molecule has 1 aromatic rings. The second kappa shape index (κ2) is 6.70. The van der Waals surface area contributed by atoms with Gasteiger partial charge < -0.3 is 19.9 Å². The maximum absolute atomic E-state index is 13.8. The number of aromatic nitrogens is 1. The monoisotopic (exact) mass is 322 g/mol. The highest BCUT2D eigenvalue weighted by Gasteiger charge is 2.31. The highest BCUT2D eigenvalue weighted by atomic mass is 19.1. The molecule has 7 heteroatoms. The molecule has 0 saturated carbocycles. The Morgan fingerprint density at radius 3 is 2.87 bits per heavy atom. The molecule has 0 aromatic carbocycles. The summed E-state index contributed by atoms with van der Waals surface area (Å²) < 4.78 is 19.2. The average Bonchev–Trinajstić information content (AvgIpc) is 3.00. The predicted molar refractivity (Wildman–Crippen MR) is 84.9 cm³/mol. The number of carbonyl (C=O) groups excluding carboxylic acids is 1. The van der Waals surface area contributed by atoms with Crippen molar-refractivity contribution in [2.24, 2.45) is 5.41 Å². The van der Waals surface area contributed by atoms with Crippen molar-refractivity contribution in [3.63, 3.8) is 0 Å². The first-order valence-electron chi connectivity index (χ1n) is 8.03. The number of rotatable bonds is 3. The number of amides is 2. The maximum atomic E-state index is 13.8. The molecule has 1 atom stereocenters. The molecule has 3 rings (SSSR count). The largest absolute Gasteiger partial charge is 0.381 e. The van der Waals surface area contributed by atoms with Crippen molar-refractivity contribution in [1.82, 2.24) is 15.2 Å². The Morgan fingerprint density at radius 1 is 1.43 bits per heavy atom. The Bertz CT molecular complexity index is 555. The quantitative estimate of drug-likeness (QED) is 0.916. The number of nitrogens with zero attached hydrogens (tertiary/aromatic N) is 3. The summed E-state index contributed by atoms with van der Waals surface area (Å²) in [5, 5.41) is 3.00. The molecule has 2 aliphatic heterocycles. The van der Waals surface area contributed by atoms with Crippen molar-refractivity contribution in [1.29, 1.82) is 0 Å². The van der Waals surface area contributed by atoms with Crippen molar-refractivity contribution in [3.8, 4) is 0 Å². The summed E-state index contributed by atoms with van der Waals surface area (Å²) in [7, 11) is 0. The number of halogens is 1. The Balaban J connectivity index is 1.48. The van der Waals surface area contributed by atoms with Gasteiger partial charge in [-0.3, -0.25) is 0 Å². The molecule has 1 unspecified atom stereocenters. The van der Waals surface area contributed by atoms with Gasteiger partial charge >= 0.3 is 6.03 Å². The van der Waals surface area contributed by atoms with Crippen molar-refractivity contribution in [3.05, 3.63) is 24.1 Å². The Kier molecular flexibility index (Phi) is 4.66. The lowest BCUT2D eigenvalue weighted by molar-refractivity contribution is 0.154. The van der Waals surface area contributed by atoms with Crippen LogP contribution in [0.4, 0.5) is 15.0 Å². The van der Waals surface area contributed by atoms with Crippen LogP contribution < -0.4 is 10.2 Å². The van der Waals surface area contributed by atoms with Crippen LogP contribution in [-0.4, -0.2) is 61.9 Å². The zero-order chi connectivity index (χ0) is 16.3. The lowest BCUT2D eigenvalue weighted by Crippen LogP contribution is -2.53. The summed E-state index contributed by atoms with van der Waals surface area (Å²) in [4.78, 5) is 20.0. The first kappa shape index (κ1) is 16.0. The minimum Gasteiger partial charge on any atom is -0.381 e. The highest BCUT2D eigenvalue weighted by molar-refractivity contribution is 5.74. The normalized spacial score (nSPS) is 24.8. The van der Waals surface area contributed by atoms with E-state index >= 15 is 0 Å². The van der Waals surface area contributed by atoms with Crippen LogP contribution in [-0.2, 0) is 4.74 Å². The van der Waals surface area contributed by atoms with Crippen LogP contribution in [0.15, 0.2) is 18.3 Å². The molecule has 0 bridgehead atoms. The molecule has 2 aliphatic rings. The van der Waals surface area contributed by atoms with Crippen molar-refractivity contribution < 1.29 is 13.9 Å². The van der Waals surface area contributed by atoms with Gasteiger partial charge in [0.05, 0.1) is 6.61 Å². The zero-order valence-electron chi connectivity index (χ0n) is 13.4. The number of hydrogen-bond acceptors (Lipinski definition) is 4. The second-order valence-electron chi connectivity index (χ2n) is 6.55. The van der Waals surface area contributed by atoms with Crippen molar-refractivity contribution >= 4 is 11.8 Å². The fraction of sp³-hybridized carbons (Fsp3) is 0.625. The van der Waals surface area contributed by atoms with E-state index in [4.69, 9.17) is 4.74 Å². The molecular formula is C16H23FN4O2. The summed E-state index contributed by atoms with van der Waals surface area (Å²) >= 11 is 0. The molecule has 0 radical (unpaired) electrons. The Labute approximate surface area is 135 Å². The molecular weight excluding hydrogens is 299 g/mol. The molecule has 1 aromatic heterocycles. The number of pyridine rings is 1. The molecule has 1 N–H and O–H groups in total. The first-order valence-corrected chi connectivity index (χ1v) is 8.03. The highest BCUT2D eigenvalue weighted by Crippen LogP contribution is 2.26. The van der Waals surface area contributed by atoms with E-state index in [9.17, 15) is 9.18 Å². The molecule has 126 valence electrons. The van der Waals surface area contributed by atoms with Gasteiger partial charge in [-0.25, -0.2) is 14.2 Å². The van der Waals surface area contributed by atoms with Crippen LogP contribution in [0.25, 0.3) is 0 Å². The fourth-order valence-electron chi connectivity index (χ4n) is 2.98. The van der Waals surface area contributed by atoms with Crippen LogP contribution in [0.3, 0.4) is 0 Å². The molecule has 3 heterocycles. The standard InChI is InChI=1S/C16H23FN4O2/c1-16(4-10-23-12-16)11-19-15(22)21-8-6-20(7-9-21)14-13(17)3-2-5-18-14/h2-3,5H,4,6-12H2,1H3,(H,19,22). The van der Waals surface area contributed by atoms with Crippen LogP contribution in [0.2, 0.25) is 0 Å². The second-order valence-corrected chi connectivity index (χ2v) is 6.55. The molecule has 2 amide bonds. The Morgan fingerprint density at radius 2 is 2.22 bits per heavy atom. The van der Waals surface area contributed by atoms with Crippen molar-refractivity contribution in [2.75, 3.05) is 50.8 Å². The lowest BCUT2D eigenvalue weighted by atomic mass is 9.90. The first-order chi connectivity index (χ1) is 11.1. The van der Waals surface area contributed by atoms with E-state index in [2.05, 4.69) is 17.2 Å². The maximum Gasteiger partial charge on any atom is 0.317 e. The number of ether oxygens (including phenoxy) is 1. The fourth-order valence-corrected chi connectivity index (χ4v) is 2.98. The van der Waals surface area contributed by atoms with E-state index in [1.165, 1.54) is 6.07 Å². The van der Waals surface area contributed by atoms with E-state index in [-0.39, 0.29) is 17.3 Å². The molecule has 0 aliphatic carbocycles. The number of hydrogen-bond donors (Lipinski definition) is 1. The smallest absolute Gasteiger partial charge is 0.317 e.